The lowest BCUT2D eigenvalue weighted by Crippen LogP contribution is -2.40. The molecule has 3 heterocycles. The van der Waals surface area contributed by atoms with Crippen molar-refractivity contribution in [1.82, 2.24) is 30.5 Å². The topological polar surface area (TPSA) is 98.7 Å². The Morgan fingerprint density at radius 2 is 1.95 bits per heavy atom. The van der Waals surface area contributed by atoms with Crippen LogP contribution in [0.1, 0.15) is 34.5 Å². The molecule has 0 aliphatic rings. The summed E-state index contributed by atoms with van der Waals surface area (Å²) in [6, 6.07) is 9.93. The van der Waals surface area contributed by atoms with Gasteiger partial charge in [0.2, 0.25) is 0 Å². The highest BCUT2D eigenvalue weighted by molar-refractivity contribution is 6.83. The molecule has 4 rings (SSSR count). The van der Waals surface area contributed by atoms with Gasteiger partial charge in [-0.2, -0.15) is 15.0 Å². The lowest BCUT2D eigenvalue weighted by Gasteiger charge is -2.27. The monoisotopic (exact) mass is 520 g/mol. The molecule has 0 radical (unpaired) electrons. The molecule has 1 unspecified atom stereocenters. The van der Waals surface area contributed by atoms with Gasteiger partial charge in [0.1, 0.15) is 25.4 Å². The summed E-state index contributed by atoms with van der Waals surface area (Å²) < 4.78 is 32.5. The number of rotatable bonds is 6. The average molecular weight is 521 g/mol. The molecule has 1 amide bonds. The summed E-state index contributed by atoms with van der Waals surface area (Å²) in [5.41, 5.74) is 4.30. The van der Waals surface area contributed by atoms with Crippen molar-refractivity contribution in [1.29, 1.82) is 0 Å². The molecule has 190 valence electrons. The van der Waals surface area contributed by atoms with E-state index in [9.17, 15) is 13.6 Å². The fourth-order valence-electron chi connectivity index (χ4n) is 3.52. The molecular weight excluding hydrogens is 494 g/mol. The van der Waals surface area contributed by atoms with Crippen molar-refractivity contribution in [2.45, 2.75) is 32.0 Å². The number of carbonyl (C=O) groups is 1. The molecule has 1 N–H and O–H groups in total. The molecule has 0 saturated carbocycles. The Kier molecular flexibility index (Phi) is 7.04. The van der Waals surface area contributed by atoms with Gasteiger partial charge in [-0.05, 0) is 31.2 Å². The third-order valence-corrected chi connectivity index (χ3v) is 6.46. The van der Waals surface area contributed by atoms with Crippen LogP contribution in [0.4, 0.5) is 8.78 Å². The summed E-state index contributed by atoms with van der Waals surface area (Å²) in [6.07, 6.45) is 1.62. The summed E-state index contributed by atoms with van der Waals surface area (Å²) >= 11 is 0. The highest BCUT2D eigenvalue weighted by atomic mass is 28.3. The zero-order chi connectivity index (χ0) is 26.8. The number of pyridine rings is 1. The Morgan fingerprint density at radius 1 is 1.16 bits per heavy atom. The second kappa shape index (κ2) is 10.1. The van der Waals surface area contributed by atoms with Gasteiger partial charge >= 0.3 is 0 Å². The number of nitrogens with zero attached hydrogens (tertiary/aromatic N) is 5. The summed E-state index contributed by atoms with van der Waals surface area (Å²) in [6.45, 7) is 8.47. The van der Waals surface area contributed by atoms with E-state index >= 15 is 0 Å². The van der Waals surface area contributed by atoms with Gasteiger partial charge in [-0.1, -0.05) is 36.8 Å². The highest BCUT2D eigenvalue weighted by Gasteiger charge is 2.35. The van der Waals surface area contributed by atoms with Crippen LogP contribution in [0.25, 0.3) is 11.3 Å². The summed E-state index contributed by atoms with van der Waals surface area (Å²) in [5.74, 6) is 1.10. The maximum atomic E-state index is 14.1. The van der Waals surface area contributed by atoms with Gasteiger partial charge in [0, 0.05) is 25.7 Å². The second-order valence-corrected chi connectivity index (χ2v) is 14.6. The molecule has 0 aliphatic heterocycles. The maximum Gasteiger partial charge on any atom is 0.273 e. The van der Waals surface area contributed by atoms with Crippen LogP contribution in [0.3, 0.4) is 0 Å². The molecule has 0 spiro atoms. The number of amides is 1. The largest absolute Gasteiger partial charge is 0.355 e. The van der Waals surface area contributed by atoms with Crippen molar-refractivity contribution < 1.29 is 18.1 Å². The molecule has 11 heteroatoms. The molecule has 8 nitrogen and oxygen atoms in total. The molecule has 3 aromatic heterocycles. The van der Waals surface area contributed by atoms with Crippen LogP contribution in [0, 0.1) is 23.1 Å². The molecule has 0 fully saturated rings. The van der Waals surface area contributed by atoms with Gasteiger partial charge in [-0.15, -0.1) is 5.54 Å². The fourth-order valence-corrected chi connectivity index (χ4v) is 4.02. The van der Waals surface area contributed by atoms with E-state index in [2.05, 4.69) is 51.8 Å². The van der Waals surface area contributed by atoms with Crippen LogP contribution in [-0.4, -0.2) is 45.7 Å². The molecular formula is C26H26F2N6O2Si. The van der Waals surface area contributed by atoms with Crippen molar-refractivity contribution >= 4 is 14.0 Å². The first kappa shape index (κ1) is 25.9. The highest BCUT2D eigenvalue weighted by Crippen LogP contribution is 2.29. The Balaban J connectivity index is 1.60. The van der Waals surface area contributed by atoms with Crippen LogP contribution in [0.2, 0.25) is 19.6 Å². The first-order valence-corrected chi connectivity index (χ1v) is 15.0. The van der Waals surface area contributed by atoms with E-state index in [0.29, 0.717) is 17.1 Å². The van der Waals surface area contributed by atoms with Gasteiger partial charge in [-0.25, -0.2) is 13.8 Å². The normalized spacial score (nSPS) is 12.9. The second-order valence-electron chi connectivity index (χ2n) is 9.84. The number of aromatic nitrogens is 5. The van der Waals surface area contributed by atoms with Gasteiger partial charge in [0.05, 0.1) is 28.6 Å². The van der Waals surface area contributed by atoms with Crippen LogP contribution >= 0.6 is 0 Å². The standard InChI is InChI=1S/C26H26F2N6O2Si/c1-26(24-15-30-34(2)32-24,23-8-6-7-18(31-23)11-12-37(3,4)5)16-29-25(35)21-14-22(36-33-21)19-10-9-17(27)13-20(19)28/h6-10,13-15H,16H2,1-5H3,(H,29,35). The van der Waals surface area contributed by atoms with E-state index in [4.69, 9.17) is 9.51 Å². The predicted molar refractivity (Wildman–Crippen MR) is 136 cm³/mol. The van der Waals surface area contributed by atoms with Crippen molar-refractivity contribution in [2.24, 2.45) is 7.05 Å². The number of halogens is 2. The first-order valence-electron chi connectivity index (χ1n) is 11.5. The molecule has 1 aromatic carbocycles. The van der Waals surface area contributed by atoms with E-state index in [1.165, 1.54) is 16.9 Å². The average Bonchev–Trinajstić information content (AvgIpc) is 3.51. The third-order valence-electron chi connectivity index (χ3n) is 5.59. The number of hydrogen-bond donors (Lipinski definition) is 1. The lowest BCUT2D eigenvalue weighted by molar-refractivity contribution is 0.0937. The number of benzene rings is 1. The minimum absolute atomic E-state index is 0.00205. The number of hydrogen-bond acceptors (Lipinski definition) is 6. The molecule has 0 saturated heterocycles. The minimum Gasteiger partial charge on any atom is -0.355 e. The summed E-state index contributed by atoms with van der Waals surface area (Å²) in [5, 5.41) is 15.3. The van der Waals surface area contributed by atoms with Crippen LogP contribution in [0.5, 0.6) is 0 Å². The minimum atomic E-state index is -1.60. The van der Waals surface area contributed by atoms with Gasteiger partial charge in [0.25, 0.3) is 5.91 Å². The Morgan fingerprint density at radius 3 is 2.62 bits per heavy atom. The van der Waals surface area contributed by atoms with Crippen LogP contribution in [-0.2, 0) is 12.5 Å². The van der Waals surface area contributed by atoms with E-state index in [1.807, 2.05) is 25.1 Å². The number of nitrogens with one attached hydrogen (secondary N) is 1. The quantitative estimate of drug-likeness (QED) is 0.304. The fraction of sp³-hybridized carbons (Fsp3) is 0.269. The van der Waals surface area contributed by atoms with Crippen LogP contribution in [0.15, 0.2) is 53.2 Å². The molecule has 0 aliphatic carbocycles. The van der Waals surface area contributed by atoms with Gasteiger partial charge in [-0.3, -0.25) is 4.79 Å². The molecule has 0 bridgehead atoms. The number of aryl methyl sites for hydroxylation is 1. The van der Waals surface area contributed by atoms with Gasteiger partial charge in [0.15, 0.2) is 11.5 Å². The molecule has 37 heavy (non-hydrogen) atoms. The van der Waals surface area contributed by atoms with Gasteiger partial charge < -0.3 is 9.84 Å². The Hall–Kier alpha value is -4.17. The lowest BCUT2D eigenvalue weighted by atomic mass is 9.82. The predicted octanol–water partition coefficient (Wildman–Crippen LogP) is 4.11. The number of carbonyl (C=O) groups excluding carboxylic acids is 1. The Bertz CT molecular complexity index is 1510. The van der Waals surface area contributed by atoms with E-state index in [-0.39, 0.29) is 23.6 Å². The van der Waals surface area contributed by atoms with Crippen molar-refractivity contribution in [2.75, 3.05) is 6.54 Å². The van der Waals surface area contributed by atoms with E-state index in [0.717, 1.165) is 12.1 Å². The van der Waals surface area contributed by atoms with Crippen molar-refractivity contribution in [3.05, 3.63) is 83.1 Å². The molecule has 4 aromatic rings. The molecule has 1 atom stereocenters. The Labute approximate surface area is 214 Å². The smallest absolute Gasteiger partial charge is 0.273 e. The summed E-state index contributed by atoms with van der Waals surface area (Å²) in [7, 11) is 0.103. The zero-order valence-electron chi connectivity index (χ0n) is 21.1. The van der Waals surface area contributed by atoms with Crippen molar-refractivity contribution in [3.8, 4) is 22.8 Å². The first-order chi connectivity index (χ1) is 17.4. The third kappa shape index (κ3) is 5.98. The van der Waals surface area contributed by atoms with Crippen molar-refractivity contribution in [3.63, 3.8) is 0 Å². The van der Waals surface area contributed by atoms with E-state index in [1.54, 1.807) is 13.2 Å². The summed E-state index contributed by atoms with van der Waals surface area (Å²) in [4.78, 5) is 19.2. The SMILES string of the molecule is Cn1ncc(C(C)(CNC(=O)c2cc(-c3ccc(F)cc3F)on2)c2cccc(C#C[Si](C)(C)C)n2)n1. The van der Waals surface area contributed by atoms with Crippen LogP contribution < -0.4 is 5.32 Å². The maximum absolute atomic E-state index is 14.1. The van der Waals surface area contributed by atoms with E-state index < -0.39 is 31.0 Å². The zero-order valence-corrected chi connectivity index (χ0v) is 22.1.